The van der Waals surface area contributed by atoms with E-state index in [4.69, 9.17) is 18.6 Å². The highest BCUT2D eigenvalue weighted by Gasteiger charge is 2.23. The van der Waals surface area contributed by atoms with Crippen LogP contribution in [0.25, 0.3) is 22.1 Å². The van der Waals surface area contributed by atoms with Gasteiger partial charge in [-0.05, 0) is 53.9 Å². The lowest BCUT2D eigenvalue weighted by Gasteiger charge is -2.30. The molecule has 0 saturated heterocycles. The Balaban J connectivity index is 1.54. The van der Waals surface area contributed by atoms with Crippen molar-refractivity contribution in [2.24, 2.45) is 0 Å². The summed E-state index contributed by atoms with van der Waals surface area (Å²) in [6.07, 6.45) is 0. The molecular weight excluding hydrogens is 418 g/mol. The predicted molar refractivity (Wildman–Crippen MR) is 127 cm³/mol. The molecule has 0 radical (unpaired) electrons. The minimum atomic E-state index is -0.383. The Morgan fingerprint density at radius 3 is 2.52 bits per heavy atom. The summed E-state index contributed by atoms with van der Waals surface area (Å²) in [6, 6.07) is 19.4. The fourth-order valence-corrected chi connectivity index (χ4v) is 4.41. The second-order valence-electron chi connectivity index (χ2n) is 8.19. The number of hydrogen-bond acceptors (Lipinski definition) is 6. The molecule has 0 bridgehead atoms. The second kappa shape index (κ2) is 8.64. The average molecular weight is 443 g/mol. The van der Waals surface area contributed by atoms with E-state index in [1.807, 2.05) is 49.4 Å². The standard InChI is InChI=1S/C27H25NO5/c1-17-26-20(15-28(16-32-26)14-18-5-4-6-22(11-18)31-3)12-24-23(13-25(29)33-27(17)24)19-7-9-21(30-2)10-8-19/h4-13H,14-16H2,1-3H3. The summed E-state index contributed by atoms with van der Waals surface area (Å²) in [4.78, 5) is 14.6. The van der Waals surface area contributed by atoms with Crippen LogP contribution in [0.1, 0.15) is 16.7 Å². The first kappa shape index (κ1) is 21.1. The van der Waals surface area contributed by atoms with Gasteiger partial charge >= 0.3 is 5.63 Å². The number of fused-ring (bicyclic) bond motifs is 2. The summed E-state index contributed by atoms with van der Waals surface area (Å²) in [6.45, 7) is 3.87. The van der Waals surface area contributed by atoms with Crippen LogP contribution in [-0.2, 0) is 13.1 Å². The maximum Gasteiger partial charge on any atom is 0.336 e. The number of benzene rings is 3. The first-order valence-corrected chi connectivity index (χ1v) is 10.8. The van der Waals surface area contributed by atoms with Gasteiger partial charge in [0.05, 0.1) is 14.2 Å². The fraction of sp³-hybridized carbons (Fsp3) is 0.222. The summed E-state index contributed by atoms with van der Waals surface area (Å²) in [5, 5.41) is 0.892. The van der Waals surface area contributed by atoms with Gasteiger partial charge in [0, 0.05) is 35.7 Å². The molecule has 1 aliphatic rings. The smallest absolute Gasteiger partial charge is 0.336 e. The molecule has 1 aromatic heterocycles. The van der Waals surface area contributed by atoms with Crippen molar-refractivity contribution < 1.29 is 18.6 Å². The number of nitrogens with zero attached hydrogens (tertiary/aromatic N) is 1. The van der Waals surface area contributed by atoms with Gasteiger partial charge in [-0.15, -0.1) is 0 Å². The minimum Gasteiger partial charge on any atom is -0.497 e. The van der Waals surface area contributed by atoms with Crippen molar-refractivity contribution in [1.29, 1.82) is 0 Å². The molecule has 0 amide bonds. The number of rotatable bonds is 5. The zero-order chi connectivity index (χ0) is 22.9. The third kappa shape index (κ3) is 4.05. The van der Waals surface area contributed by atoms with E-state index in [9.17, 15) is 4.79 Å². The van der Waals surface area contributed by atoms with Gasteiger partial charge in [0.2, 0.25) is 0 Å². The molecule has 5 rings (SSSR count). The summed E-state index contributed by atoms with van der Waals surface area (Å²) in [5.41, 5.74) is 5.01. The zero-order valence-electron chi connectivity index (χ0n) is 18.9. The van der Waals surface area contributed by atoms with Crippen LogP contribution >= 0.6 is 0 Å². The van der Waals surface area contributed by atoms with Crippen LogP contribution < -0.4 is 19.8 Å². The van der Waals surface area contributed by atoms with E-state index < -0.39 is 0 Å². The Bertz CT molecular complexity index is 1370. The first-order chi connectivity index (χ1) is 16.1. The van der Waals surface area contributed by atoms with Gasteiger partial charge in [0.25, 0.3) is 0 Å². The van der Waals surface area contributed by atoms with Crippen molar-refractivity contribution in [3.63, 3.8) is 0 Å². The largest absolute Gasteiger partial charge is 0.497 e. The van der Waals surface area contributed by atoms with E-state index in [0.717, 1.165) is 63.5 Å². The van der Waals surface area contributed by atoms with Gasteiger partial charge < -0.3 is 18.6 Å². The maximum absolute atomic E-state index is 12.4. The molecule has 0 atom stereocenters. The van der Waals surface area contributed by atoms with Crippen LogP contribution in [0.3, 0.4) is 0 Å². The van der Waals surface area contributed by atoms with Crippen molar-refractivity contribution in [1.82, 2.24) is 4.90 Å². The minimum absolute atomic E-state index is 0.383. The van der Waals surface area contributed by atoms with Gasteiger partial charge in [-0.25, -0.2) is 4.79 Å². The maximum atomic E-state index is 12.4. The van der Waals surface area contributed by atoms with Crippen LogP contribution in [0, 0.1) is 6.92 Å². The molecule has 168 valence electrons. The number of hydrogen-bond donors (Lipinski definition) is 0. The summed E-state index contributed by atoms with van der Waals surface area (Å²) in [7, 11) is 3.31. The zero-order valence-corrected chi connectivity index (χ0v) is 18.9. The molecule has 2 heterocycles. The Hall–Kier alpha value is -3.77. The molecule has 3 aromatic carbocycles. The van der Waals surface area contributed by atoms with Crippen molar-refractivity contribution in [3.8, 4) is 28.4 Å². The number of methoxy groups -OCH3 is 2. The van der Waals surface area contributed by atoms with E-state index in [1.165, 1.54) is 0 Å². The summed E-state index contributed by atoms with van der Waals surface area (Å²) in [5.74, 6) is 2.40. The lowest BCUT2D eigenvalue weighted by atomic mass is 9.96. The Kier molecular flexibility index (Phi) is 5.52. The molecule has 0 aliphatic carbocycles. The molecule has 4 aromatic rings. The summed E-state index contributed by atoms with van der Waals surface area (Å²) >= 11 is 0. The Morgan fingerprint density at radius 2 is 1.76 bits per heavy atom. The predicted octanol–water partition coefficient (Wildman–Crippen LogP) is 5.14. The average Bonchev–Trinajstić information content (AvgIpc) is 2.84. The van der Waals surface area contributed by atoms with E-state index in [0.29, 0.717) is 12.3 Å². The van der Waals surface area contributed by atoms with Gasteiger partial charge in [0.15, 0.2) is 0 Å². The third-order valence-corrected chi connectivity index (χ3v) is 6.02. The molecule has 6 nitrogen and oxygen atoms in total. The topological polar surface area (TPSA) is 61.1 Å². The quantitative estimate of drug-likeness (QED) is 0.398. The SMILES string of the molecule is COc1ccc(-c2cc(=O)oc3c(C)c4c(cc23)CN(Cc2cccc(OC)c2)CO4)cc1. The van der Waals surface area contributed by atoms with Gasteiger partial charge in [-0.3, -0.25) is 4.90 Å². The molecule has 33 heavy (non-hydrogen) atoms. The van der Waals surface area contributed by atoms with Crippen molar-refractivity contribution >= 4 is 11.0 Å². The third-order valence-electron chi connectivity index (χ3n) is 6.02. The summed E-state index contributed by atoms with van der Waals surface area (Å²) < 4.78 is 22.4. The van der Waals surface area contributed by atoms with Crippen LogP contribution in [-0.4, -0.2) is 25.9 Å². The monoisotopic (exact) mass is 443 g/mol. The van der Waals surface area contributed by atoms with Gasteiger partial charge in [-0.1, -0.05) is 24.3 Å². The van der Waals surface area contributed by atoms with Crippen LogP contribution in [0.5, 0.6) is 17.2 Å². The second-order valence-corrected chi connectivity index (χ2v) is 8.19. The Morgan fingerprint density at radius 1 is 0.970 bits per heavy atom. The highest BCUT2D eigenvalue weighted by atomic mass is 16.5. The normalized spacial score (nSPS) is 13.4. The van der Waals surface area contributed by atoms with Gasteiger partial charge in [0.1, 0.15) is 29.6 Å². The van der Waals surface area contributed by atoms with E-state index >= 15 is 0 Å². The van der Waals surface area contributed by atoms with Crippen molar-refractivity contribution in [2.45, 2.75) is 20.0 Å². The molecule has 0 spiro atoms. The van der Waals surface area contributed by atoms with E-state index in [1.54, 1.807) is 20.3 Å². The number of ether oxygens (including phenoxy) is 3. The van der Waals surface area contributed by atoms with Crippen molar-refractivity contribution in [3.05, 3.63) is 87.8 Å². The van der Waals surface area contributed by atoms with Crippen LogP contribution in [0.15, 0.2) is 69.9 Å². The van der Waals surface area contributed by atoms with Gasteiger partial charge in [-0.2, -0.15) is 0 Å². The number of aryl methyl sites for hydroxylation is 1. The molecule has 0 unspecified atom stereocenters. The van der Waals surface area contributed by atoms with E-state index in [2.05, 4.69) is 17.0 Å². The van der Waals surface area contributed by atoms with Crippen LogP contribution in [0.4, 0.5) is 0 Å². The highest BCUT2D eigenvalue weighted by Crippen LogP contribution is 2.38. The van der Waals surface area contributed by atoms with Crippen molar-refractivity contribution in [2.75, 3.05) is 21.0 Å². The molecule has 6 heteroatoms. The molecule has 0 saturated carbocycles. The Labute approximate surface area is 191 Å². The lowest BCUT2D eigenvalue weighted by Crippen LogP contribution is -2.32. The van der Waals surface area contributed by atoms with Crippen LogP contribution in [0.2, 0.25) is 0 Å². The van der Waals surface area contributed by atoms with E-state index in [-0.39, 0.29) is 5.63 Å². The molecular formula is C27H25NO5. The first-order valence-electron chi connectivity index (χ1n) is 10.8. The lowest BCUT2D eigenvalue weighted by molar-refractivity contribution is 0.0881. The highest BCUT2D eigenvalue weighted by molar-refractivity contribution is 5.96. The fourth-order valence-electron chi connectivity index (χ4n) is 4.41. The molecule has 0 fully saturated rings. The molecule has 1 aliphatic heterocycles. The molecule has 0 N–H and O–H groups in total.